The van der Waals surface area contributed by atoms with E-state index in [1.165, 1.54) is 5.56 Å². The van der Waals surface area contributed by atoms with Gasteiger partial charge in [0.05, 0.1) is 6.04 Å². The summed E-state index contributed by atoms with van der Waals surface area (Å²) in [5.74, 6) is -0.0212. The first-order chi connectivity index (χ1) is 8.68. The van der Waals surface area contributed by atoms with Crippen LogP contribution in [0.1, 0.15) is 29.7 Å². The lowest BCUT2D eigenvalue weighted by atomic mass is 9.95. The van der Waals surface area contributed by atoms with Crippen molar-refractivity contribution >= 4 is 5.91 Å². The third kappa shape index (κ3) is 2.77. The highest BCUT2D eigenvalue weighted by molar-refractivity contribution is 5.74. The van der Waals surface area contributed by atoms with E-state index < -0.39 is 0 Å². The molecule has 0 aliphatic rings. The highest BCUT2D eigenvalue weighted by Gasteiger charge is 2.16. The smallest absolute Gasteiger partial charge is 0.217 e. The first-order valence-corrected chi connectivity index (χ1v) is 6.06. The topological polar surface area (TPSA) is 29.1 Å². The third-order valence-electron chi connectivity index (χ3n) is 2.98. The minimum atomic E-state index is -0.0788. The van der Waals surface area contributed by atoms with Crippen LogP contribution in [0.4, 0.5) is 0 Å². The molecule has 1 N–H and O–H groups in total. The molecule has 1 atom stereocenters. The Kier molecular flexibility index (Phi) is 3.78. The van der Waals surface area contributed by atoms with Gasteiger partial charge >= 0.3 is 0 Å². The Morgan fingerprint density at radius 3 is 2.22 bits per heavy atom. The molecular weight excluding hydrogens is 222 g/mol. The molecule has 0 saturated heterocycles. The molecule has 92 valence electrons. The number of aryl methyl sites for hydroxylation is 1. The van der Waals surface area contributed by atoms with Crippen molar-refractivity contribution in [2.24, 2.45) is 0 Å². The fraction of sp³-hybridized carbons (Fsp3) is 0.188. The lowest BCUT2D eigenvalue weighted by molar-refractivity contribution is -0.119. The lowest BCUT2D eigenvalue weighted by Crippen LogP contribution is -2.27. The van der Waals surface area contributed by atoms with Crippen LogP contribution in [0.5, 0.6) is 0 Å². The van der Waals surface area contributed by atoms with Crippen LogP contribution in [0.3, 0.4) is 0 Å². The van der Waals surface area contributed by atoms with E-state index in [1.54, 1.807) is 6.92 Å². The van der Waals surface area contributed by atoms with Gasteiger partial charge in [-0.2, -0.15) is 0 Å². The SMILES string of the molecule is CC(=O)N[C@H](c1ccccc1)c1ccccc1C. The van der Waals surface area contributed by atoms with Crippen molar-refractivity contribution in [2.45, 2.75) is 19.9 Å². The van der Waals surface area contributed by atoms with Crippen LogP contribution in [0.15, 0.2) is 54.6 Å². The van der Waals surface area contributed by atoms with E-state index >= 15 is 0 Å². The van der Waals surface area contributed by atoms with Gasteiger partial charge < -0.3 is 5.32 Å². The van der Waals surface area contributed by atoms with E-state index in [4.69, 9.17) is 0 Å². The van der Waals surface area contributed by atoms with Gasteiger partial charge in [-0.25, -0.2) is 0 Å². The average molecular weight is 239 g/mol. The van der Waals surface area contributed by atoms with Gasteiger partial charge in [0.2, 0.25) is 5.91 Å². The van der Waals surface area contributed by atoms with Gasteiger partial charge in [0.25, 0.3) is 0 Å². The molecule has 0 aliphatic heterocycles. The van der Waals surface area contributed by atoms with Crippen LogP contribution in [0.2, 0.25) is 0 Å². The first kappa shape index (κ1) is 12.4. The minimum absolute atomic E-state index is 0.0212. The molecule has 0 fully saturated rings. The zero-order valence-corrected chi connectivity index (χ0v) is 10.7. The summed E-state index contributed by atoms with van der Waals surface area (Å²) in [5.41, 5.74) is 3.42. The summed E-state index contributed by atoms with van der Waals surface area (Å²) in [6.45, 7) is 3.61. The van der Waals surface area contributed by atoms with Gasteiger partial charge in [0.15, 0.2) is 0 Å². The number of hydrogen-bond donors (Lipinski definition) is 1. The maximum Gasteiger partial charge on any atom is 0.217 e. The number of benzene rings is 2. The van der Waals surface area contributed by atoms with E-state index in [9.17, 15) is 4.79 Å². The maximum absolute atomic E-state index is 11.4. The predicted octanol–water partition coefficient (Wildman–Crippen LogP) is 3.22. The zero-order chi connectivity index (χ0) is 13.0. The van der Waals surface area contributed by atoms with Crippen molar-refractivity contribution < 1.29 is 4.79 Å². The molecule has 2 rings (SSSR count). The molecule has 2 heteroatoms. The standard InChI is InChI=1S/C16H17NO/c1-12-8-6-7-11-15(12)16(17-13(2)18)14-9-4-3-5-10-14/h3-11,16H,1-2H3,(H,17,18)/t16-/m1/s1. The molecule has 2 nitrogen and oxygen atoms in total. The third-order valence-corrected chi connectivity index (χ3v) is 2.98. The molecule has 0 aliphatic carbocycles. The second-order valence-electron chi connectivity index (χ2n) is 4.40. The highest BCUT2D eigenvalue weighted by Crippen LogP contribution is 2.24. The molecule has 18 heavy (non-hydrogen) atoms. The molecule has 0 radical (unpaired) electrons. The summed E-state index contributed by atoms with van der Waals surface area (Å²) < 4.78 is 0. The van der Waals surface area contributed by atoms with Gasteiger partial charge in [-0.1, -0.05) is 54.6 Å². The Morgan fingerprint density at radius 2 is 1.61 bits per heavy atom. The van der Waals surface area contributed by atoms with Crippen molar-refractivity contribution in [2.75, 3.05) is 0 Å². The Morgan fingerprint density at radius 1 is 1.00 bits per heavy atom. The number of nitrogens with one attached hydrogen (secondary N) is 1. The summed E-state index contributed by atoms with van der Waals surface area (Å²) in [7, 11) is 0. The van der Waals surface area contributed by atoms with Gasteiger partial charge in [-0.05, 0) is 23.6 Å². The van der Waals surface area contributed by atoms with Crippen molar-refractivity contribution in [3.63, 3.8) is 0 Å². The van der Waals surface area contributed by atoms with Gasteiger partial charge in [0.1, 0.15) is 0 Å². The van der Waals surface area contributed by atoms with Crippen LogP contribution in [-0.2, 0) is 4.79 Å². The van der Waals surface area contributed by atoms with E-state index in [-0.39, 0.29) is 11.9 Å². The van der Waals surface area contributed by atoms with Crippen molar-refractivity contribution in [3.05, 3.63) is 71.3 Å². The normalized spacial score (nSPS) is 11.9. The fourth-order valence-electron chi connectivity index (χ4n) is 2.10. The molecule has 0 unspecified atom stereocenters. The van der Waals surface area contributed by atoms with E-state index in [0.29, 0.717) is 0 Å². The molecule has 0 bridgehead atoms. The number of carbonyl (C=O) groups is 1. The predicted molar refractivity (Wildman–Crippen MR) is 73.3 cm³/mol. The van der Waals surface area contributed by atoms with Crippen LogP contribution in [0, 0.1) is 6.92 Å². The number of rotatable bonds is 3. The second kappa shape index (κ2) is 5.50. The van der Waals surface area contributed by atoms with Crippen molar-refractivity contribution in [1.29, 1.82) is 0 Å². The van der Waals surface area contributed by atoms with E-state index in [0.717, 1.165) is 11.1 Å². The van der Waals surface area contributed by atoms with E-state index in [2.05, 4.69) is 24.4 Å². The first-order valence-electron chi connectivity index (χ1n) is 6.06. The van der Waals surface area contributed by atoms with Crippen LogP contribution in [-0.4, -0.2) is 5.91 Å². The van der Waals surface area contributed by atoms with Gasteiger partial charge in [-0.3, -0.25) is 4.79 Å². The van der Waals surface area contributed by atoms with Gasteiger partial charge in [0, 0.05) is 6.92 Å². The molecule has 0 aromatic heterocycles. The molecular formula is C16H17NO. The quantitative estimate of drug-likeness (QED) is 0.875. The summed E-state index contributed by atoms with van der Waals surface area (Å²) in [4.78, 5) is 11.4. The highest BCUT2D eigenvalue weighted by atomic mass is 16.1. The van der Waals surface area contributed by atoms with Crippen LogP contribution >= 0.6 is 0 Å². The summed E-state index contributed by atoms with van der Waals surface area (Å²) in [6, 6.07) is 18.1. The largest absolute Gasteiger partial charge is 0.345 e. The monoisotopic (exact) mass is 239 g/mol. The maximum atomic E-state index is 11.4. The van der Waals surface area contributed by atoms with Crippen molar-refractivity contribution in [3.8, 4) is 0 Å². The molecule has 0 spiro atoms. The summed E-state index contributed by atoms with van der Waals surface area (Å²) in [6.07, 6.45) is 0. The average Bonchev–Trinajstić information content (AvgIpc) is 2.38. The molecule has 0 heterocycles. The minimum Gasteiger partial charge on any atom is -0.345 e. The van der Waals surface area contributed by atoms with Crippen molar-refractivity contribution in [1.82, 2.24) is 5.32 Å². The van der Waals surface area contributed by atoms with Gasteiger partial charge in [-0.15, -0.1) is 0 Å². The Labute approximate surface area is 108 Å². The Bertz CT molecular complexity index is 534. The Balaban J connectivity index is 2.44. The van der Waals surface area contributed by atoms with Crippen LogP contribution in [0.25, 0.3) is 0 Å². The fourth-order valence-corrected chi connectivity index (χ4v) is 2.10. The number of carbonyl (C=O) groups excluding carboxylic acids is 1. The van der Waals surface area contributed by atoms with Crippen LogP contribution < -0.4 is 5.32 Å². The van der Waals surface area contributed by atoms with E-state index in [1.807, 2.05) is 42.5 Å². The number of amides is 1. The second-order valence-corrected chi connectivity index (χ2v) is 4.40. The summed E-state index contributed by atoms with van der Waals surface area (Å²) >= 11 is 0. The summed E-state index contributed by atoms with van der Waals surface area (Å²) in [5, 5.41) is 3.01. The molecule has 0 saturated carbocycles. The Hall–Kier alpha value is -2.09. The zero-order valence-electron chi connectivity index (χ0n) is 10.7. The molecule has 2 aromatic carbocycles. The number of hydrogen-bond acceptors (Lipinski definition) is 1. The lowest BCUT2D eigenvalue weighted by Gasteiger charge is -2.20. The molecule has 1 amide bonds. The molecule has 2 aromatic rings.